The lowest BCUT2D eigenvalue weighted by molar-refractivity contribution is -0.131. The Morgan fingerprint density at radius 1 is 0.926 bits per heavy atom. The summed E-state index contributed by atoms with van der Waals surface area (Å²) in [6, 6.07) is 19.6. The molecule has 0 saturated carbocycles. The number of piperidine rings is 1. The molecule has 7 heteroatoms. The average molecular weight is 379 g/mol. The number of hydrogen-bond acceptors (Lipinski definition) is 5. The van der Waals surface area contributed by atoms with E-state index in [1.54, 1.807) is 4.68 Å². The second-order valence-corrected chi connectivity index (χ2v) is 7.58. The minimum Gasteiger partial charge on any atom is -0.341 e. The molecule has 1 atom stereocenters. The van der Waals surface area contributed by atoms with Crippen LogP contribution in [0.25, 0.3) is 5.69 Å². The number of nitrogens with zero attached hydrogens (tertiary/aromatic N) is 5. The van der Waals surface area contributed by atoms with Gasteiger partial charge in [-0.2, -0.15) is 4.68 Å². The number of carbonyl (C=O) groups is 1. The van der Waals surface area contributed by atoms with Crippen LogP contribution in [-0.2, 0) is 4.79 Å². The van der Waals surface area contributed by atoms with Crippen molar-refractivity contribution in [2.45, 2.75) is 29.7 Å². The Bertz CT molecular complexity index is 878. The molecule has 1 amide bonds. The third kappa shape index (κ3) is 4.03. The van der Waals surface area contributed by atoms with Gasteiger partial charge in [-0.15, -0.1) is 5.10 Å². The van der Waals surface area contributed by atoms with Crippen molar-refractivity contribution in [1.82, 2.24) is 25.1 Å². The topological polar surface area (TPSA) is 63.9 Å². The van der Waals surface area contributed by atoms with Crippen molar-refractivity contribution >= 4 is 17.7 Å². The number of rotatable bonds is 5. The maximum Gasteiger partial charge on any atom is 0.240 e. The summed E-state index contributed by atoms with van der Waals surface area (Å²) in [5, 5.41) is 12.4. The van der Waals surface area contributed by atoms with Crippen LogP contribution in [0.1, 0.15) is 30.1 Å². The first kappa shape index (κ1) is 17.7. The molecule has 0 spiro atoms. The van der Waals surface area contributed by atoms with Crippen LogP contribution < -0.4 is 0 Å². The number of aromatic nitrogens is 4. The van der Waals surface area contributed by atoms with E-state index < -0.39 is 0 Å². The number of likely N-dealkylation sites (tertiary alicyclic amines) is 1. The Hall–Kier alpha value is -2.67. The van der Waals surface area contributed by atoms with Gasteiger partial charge in [0.25, 0.3) is 0 Å². The van der Waals surface area contributed by atoms with Crippen molar-refractivity contribution in [3.63, 3.8) is 0 Å². The predicted molar refractivity (Wildman–Crippen MR) is 105 cm³/mol. The second kappa shape index (κ2) is 8.35. The number of carbonyl (C=O) groups excluding carboxylic acids is 1. The van der Waals surface area contributed by atoms with Crippen molar-refractivity contribution in [3.05, 3.63) is 66.2 Å². The lowest BCUT2D eigenvalue weighted by Crippen LogP contribution is -2.38. The van der Waals surface area contributed by atoms with Crippen LogP contribution in [0.5, 0.6) is 0 Å². The summed E-state index contributed by atoms with van der Waals surface area (Å²) >= 11 is 1.41. The summed E-state index contributed by atoms with van der Waals surface area (Å²) in [6.07, 6.45) is 3.33. The first-order valence-corrected chi connectivity index (χ1v) is 10.0. The van der Waals surface area contributed by atoms with E-state index in [2.05, 4.69) is 15.5 Å². The van der Waals surface area contributed by atoms with E-state index in [-0.39, 0.29) is 11.2 Å². The highest BCUT2D eigenvalue weighted by Gasteiger charge is 2.29. The number of hydrogen-bond donors (Lipinski definition) is 0. The van der Waals surface area contributed by atoms with Crippen LogP contribution in [0.15, 0.2) is 65.8 Å². The molecule has 0 radical (unpaired) electrons. The molecular weight excluding hydrogens is 358 g/mol. The van der Waals surface area contributed by atoms with Gasteiger partial charge in [-0.3, -0.25) is 4.79 Å². The molecule has 27 heavy (non-hydrogen) atoms. The maximum absolute atomic E-state index is 13.3. The Balaban J connectivity index is 1.64. The molecule has 6 nitrogen and oxygen atoms in total. The monoisotopic (exact) mass is 379 g/mol. The summed E-state index contributed by atoms with van der Waals surface area (Å²) in [5.74, 6) is 0.133. The number of tetrazole rings is 1. The number of amides is 1. The van der Waals surface area contributed by atoms with Gasteiger partial charge < -0.3 is 4.90 Å². The molecule has 1 aliphatic rings. The molecule has 2 aromatic carbocycles. The van der Waals surface area contributed by atoms with Crippen LogP contribution >= 0.6 is 11.8 Å². The third-order valence-electron chi connectivity index (χ3n) is 4.66. The number of para-hydroxylation sites is 1. The SMILES string of the molecule is O=C(C(Sc1nnnn1-c1ccccc1)c1ccccc1)N1CCCCC1. The Morgan fingerprint density at radius 2 is 1.59 bits per heavy atom. The molecule has 138 valence electrons. The minimum atomic E-state index is -0.363. The fraction of sp³-hybridized carbons (Fsp3) is 0.300. The van der Waals surface area contributed by atoms with Crippen molar-refractivity contribution in [3.8, 4) is 5.69 Å². The first-order valence-electron chi connectivity index (χ1n) is 9.17. The number of thioether (sulfide) groups is 1. The molecule has 0 aliphatic carbocycles. The predicted octanol–water partition coefficient (Wildman–Crippen LogP) is 3.51. The fourth-order valence-electron chi connectivity index (χ4n) is 3.26. The minimum absolute atomic E-state index is 0.133. The standard InChI is InChI=1S/C20H21N5OS/c26-19(24-14-8-3-9-15-24)18(16-10-4-1-5-11-16)27-20-21-22-23-25(20)17-12-6-2-7-13-17/h1-2,4-7,10-13,18H,3,8-9,14-15H2. The van der Waals surface area contributed by atoms with Gasteiger partial charge in [0, 0.05) is 13.1 Å². The molecule has 0 N–H and O–H groups in total. The van der Waals surface area contributed by atoms with Crippen molar-refractivity contribution in [1.29, 1.82) is 0 Å². The Kier molecular flexibility index (Phi) is 5.48. The van der Waals surface area contributed by atoms with Crippen LogP contribution in [0.4, 0.5) is 0 Å². The average Bonchev–Trinajstić information content (AvgIpc) is 3.22. The third-order valence-corrected chi connectivity index (χ3v) is 5.83. The molecule has 4 rings (SSSR count). The normalized spacial score (nSPS) is 15.5. The van der Waals surface area contributed by atoms with E-state index in [0.29, 0.717) is 5.16 Å². The molecule has 1 saturated heterocycles. The fourth-order valence-corrected chi connectivity index (χ4v) is 4.34. The van der Waals surface area contributed by atoms with E-state index in [4.69, 9.17) is 0 Å². The van der Waals surface area contributed by atoms with Crippen molar-refractivity contribution in [2.75, 3.05) is 13.1 Å². The lowest BCUT2D eigenvalue weighted by atomic mass is 10.1. The van der Waals surface area contributed by atoms with Gasteiger partial charge in [-0.25, -0.2) is 0 Å². The van der Waals surface area contributed by atoms with Crippen LogP contribution in [-0.4, -0.2) is 44.1 Å². The zero-order valence-corrected chi connectivity index (χ0v) is 15.8. The molecule has 3 aromatic rings. The smallest absolute Gasteiger partial charge is 0.240 e. The summed E-state index contributed by atoms with van der Waals surface area (Å²) in [6.45, 7) is 1.65. The molecule has 2 heterocycles. The highest BCUT2D eigenvalue weighted by molar-refractivity contribution is 8.00. The van der Waals surface area contributed by atoms with Gasteiger partial charge in [0.1, 0.15) is 5.25 Å². The van der Waals surface area contributed by atoms with Gasteiger partial charge in [0.05, 0.1) is 5.69 Å². The van der Waals surface area contributed by atoms with Gasteiger partial charge >= 0.3 is 0 Å². The summed E-state index contributed by atoms with van der Waals surface area (Å²) in [5.41, 5.74) is 1.85. The highest BCUT2D eigenvalue weighted by atomic mass is 32.2. The molecule has 1 fully saturated rings. The first-order chi connectivity index (χ1) is 13.3. The van der Waals surface area contributed by atoms with E-state index in [9.17, 15) is 4.79 Å². The quantitative estimate of drug-likeness (QED) is 0.635. The Labute approximate surface area is 162 Å². The van der Waals surface area contributed by atoms with Crippen LogP contribution in [0.2, 0.25) is 0 Å². The van der Waals surface area contributed by atoms with E-state index in [1.807, 2.05) is 65.6 Å². The van der Waals surface area contributed by atoms with Gasteiger partial charge in [0.15, 0.2) is 0 Å². The second-order valence-electron chi connectivity index (χ2n) is 6.50. The zero-order valence-electron chi connectivity index (χ0n) is 14.9. The van der Waals surface area contributed by atoms with Crippen molar-refractivity contribution in [2.24, 2.45) is 0 Å². The Morgan fingerprint density at radius 3 is 2.30 bits per heavy atom. The summed E-state index contributed by atoms with van der Waals surface area (Å²) in [4.78, 5) is 15.3. The molecule has 1 unspecified atom stereocenters. The van der Waals surface area contributed by atoms with Crippen LogP contribution in [0.3, 0.4) is 0 Å². The molecule has 0 bridgehead atoms. The van der Waals surface area contributed by atoms with E-state index in [1.165, 1.54) is 18.2 Å². The van der Waals surface area contributed by atoms with Gasteiger partial charge in [0.2, 0.25) is 11.1 Å². The lowest BCUT2D eigenvalue weighted by Gasteiger charge is -2.30. The van der Waals surface area contributed by atoms with E-state index >= 15 is 0 Å². The summed E-state index contributed by atoms with van der Waals surface area (Å²) in [7, 11) is 0. The van der Waals surface area contributed by atoms with E-state index in [0.717, 1.165) is 37.2 Å². The van der Waals surface area contributed by atoms with Crippen LogP contribution in [0, 0.1) is 0 Å². The highest BCUT2D eigenvalue weighted by Crippen LogP contribution is 2.36. The zero-order chi connectivity index (χ0) is 18.5. The molecular formula is C20H21N5OS. The number of benzene rings is 2. The summed E-state index contributed by atoms with van der Waals surface area (Å²) < 4.78 is 1.68. The molecule has 1 aromatic heterocycles. The van der Waals surface area contributed by atoms with Crippen molar-refractivity contribution < 1.29 is 4.79 Å². The molecule has 1 aliphatic heterocycles. The largest absolute Gasteiger partial charge is 0.341 e. The van der Waals surface area contributed by atoms with Gasteiger partial charge in [-0.05, 0) is 47.4 Å². The maximum atomic E-state index is 13.3. The van der Waals surface area contributed by atoms with Gasteiger partial charge in [-0.1, -0.05) is 60.3 Å².